The molecular weight excluding hydrogens is 364 g/mol. The molecule has 162 valence electrons. The highest BCUT2D eigenvalue weighted by atomic mass is 16.6. The van der Waals surface area contributed by atoms with Gasteiger partial charge in [0.15, 0.2) is 5.78 Å². The van der Waals surface area contributed by atoms with Crippen LogP contribution in [0.15, 0.2) is 0 Å². The van der Waals surface area contributed by atoms with Crippen molar-refractivity contribution < 1.29 is 47.7 Å². The number of Topliss-reactive ketones (excluding diaryl/α,β-unsaturated/α-hetero) is 2. The molecular formula is C17H34O10. The average molecular weight is 398 g/mol. The van der Waals surface area contributed by atoms with Crippen LogP contribution in [0.25, 0.3) is 0 Å². The van der Waals surface area contributed by atoms with Gasteiger partial charge in [-0.15, -0.1) is 0 Å². The zero-order chi connectivity index (χ0) is 22.8. The monoisotopic (exact) mass is 398 g/mol. The SMILES string of the molecule is CC(C)=O.COC(C)=O.COC(C)=O.COCC(=O)OC.COCC(C)=O. The first-order valence-corrected chi connectivity index (χ1v) is 7.46. The molecule has 10 heteroatoms. The Hall–Kier alpha value is -2.33. The molecule has 0 aliphatic rings. The molecule has 0 heterocycles. The van der Waals surface area contributed by atoms with Gasteiger partial charge in [-0.25, -0.2) is 4.79 Å². The zero-order valence-electron chi connectivity index (χ0n) is 18.0. The van der Waals surface area contributed by atoms with Crippen molar-refractivity contribution in [3.05, 3.63) is 0 Å². The maximum Gasteiger partial charge on any atom is 0.331 e. The van der Waals surface area contributed by atoms with Crippen molar-refractivity contribution >= 4 is 29.5 Å². The molecule has 0 radical (unpaired) electrons. The minimum absolute atomic E-state index is 0.0382. The van der Waals surface area contributed by atoms with E-state index in [4.69, 9.17) is 0 Å². The summed E-state index contributed by atoms with van der Waals surface area (Å²) in [5.41, 5.74) is 0. The largest absolute Gasteiger partial charge is 0.469 e. The van der Waals surface area contributed by atoms with Crippen molar-refractivity contribution in [1.29, 1.82) is 0 Å². The van der Waals surface area contributed by atoms with Gasteiger partial charge >= 0.3 is 17.9 Å². The van der Waals surface area contributed by atoms with Gasteiger partial charge in [0.2, 0.25) is 0 Å². The predicted molar refractivity (Wildman–Crippen MR) is 98.2 cm³/mol. The van der Waals surface area contributed by atoms with Crippen LogP contribution in [0.2, 0.25) is 0 Å². The molecule has 0 fully saturated rings. The number of carbonyl (C=O) groups excluding carboxylic acids is 5. The number of hydrogen-bond donors (Lipinski definition) is 0. The van der Waals surface area contributed by atoms with Crippen molar-refractivity contribution in [1.82, 2.24) is 0 Å². The van der Waals surface area contributed by atoms with Crippen molar-refractivity contribution in [2.75, 3.05) is 48.8 Å². The van der Waals surface area contributed by atoms with E-state index in [0.29, 0.717) is 0 Å². The Morgan fingerprint density at radius 3 is 0.852 bits per heavy atom. The Kier molecular flexibility index (Phi) is 41.6. The molecule has 0 amide bonds. The summed E-state index contributed by atoms with van der Waals surface area (Å²) in [5, 5.41) is 0. The third-order valence-corrected chi connectivity index (χ3v) is 1.41. The van der Waals surface area contributed by atoms with E-state index < -0.39 is 0 Å². The molecule has 0 aromatic rings. The van der Waals surface area contributed by atoms with Crippen LogP contribution in [0.4, 0.5) is 0 Å². The summed E-state index contributed by atoms with van der Waals surface area (Å²) in [4.78, 5) is 48.6. The van der Waals surface area contributed by atoms with Crippen molar-refractivity contribution in [3.8, 4) is 0 Å². The van der Waals surface area contributed by atoms with Gasteiger partial charge in [-0.2, -0.15) is 0 Å². The van der Waals surface area contributed by atoms with Crippen LogP contribution in [0.5, 0.6) is 0 Å². The van der Waals surface area contributed by atoms with Gasteiger partial charge in [0.25, 0.3) is 0 Å². The summed E-state index contributed by atoms with van der Waals surface area (Å²) in [6.45, 7) is 7.54. The molecule has 0 rings (SSSR count). The van der Waals surface area contributed by atoms with E-state index in [-0.39, 0.29) is 42.7 Å². The lowest BCUT2D eigenvalue weighted by atomic mass is 10.5. The fraction of sp³-hybridized carbons (Fsp3) is 0.706. The number of ketones is 2. The van der Waals surface area contributed by atoms with Gasteiger partial charge in [0.05, 0.1) is 21.3 Å². The second-order valence-corrected chi connectivity index (χ2v) is 4.44. The summed E-state index contributed by atoms with van der Waals surface area (Å²) >= 11 is 0. The second kappa shape index (κ2) is 31.4. The Bertz CT molecular complexity index is 373. The molecule has 27 heavy (non-hydrogen) atoms. The average Bonchev–Trinajstić information content (AvgIpc) is 2.56. The lowest BCUT2D eigenvalue weighted by Crippen LogP contribution is -2.07. The quantitative estimate of drug-likeness (QED) is 0.498. The van der Waals surface area contributed by atoms with E-state index in [2.05, 4.69) is 23.7 Å². The first-order valence-electron chi connectivity index (χ1n) is 7.46. The fourth-order valence-electron chi connectivity index (χ4n) is 0.380. The molecule has 0 aromatic carbocycles. The minimum Gasteiger partial charge on any atom is -0.469 e. The Balaban J connectivity index is -0.0000000757. The zero-order valence-corrected chi connectivity index (χ0v) is 18.0. The van der Waals surface area contributed by atoms with E-state index in [0.717, 1.165) is 0 Å². The molecule has 0 saturated carbocycles. The van der Waals surface area contributed by atoms with Crippen LogP contribution >= 0.6 is 0 Å². The first-order chi connectivity index (χ1) is 12.4. The number of ether oxygens (including phenoxy) is 5. The van der Waals surface area contributed by atoms with Crippen LogP contribution in [0.3, 0.4) is 0 Å². The molecule has 0 bridgehead atoms. The summed E-state index contributed by atoms with van der Waals surface area (Å²) in [6.07, 6.45) is 0. The van der Waals surface area contributed by atoms with E-state index >= 15 is 0 Å². The van der Waals surface area contributed by atoms with Gasteiger partial charge in [0, 0.05) is 28.1 Å². The van der Waals surface area contributed by atoms with Crippen LogP contribution < -0.4 is 0 Å². The van der Waals surface area contributed by atoms with Crippen LogP contribution in [-0.4, -0.2) is 78.2 Å². The second-order valence-electron chi connectivity index (χ2n) is 4.44. The highest BCUT2D eigenvalue weighted by Crippen LogP contribution is 1.71. The van der Waals surface area contributed by atoms with E-state index in [1.165, 1.54) is 70.2 Å². The maximum atomic E-state index is 10.1. The molecule has 0 saturated heterocycles. The predicted octanol–water partition coefficient (Wildman–Crippen LogP) is 0.982. The summed E-state index contributed by atoms with van der Waals surface area (Å²) < 4.78 is 21.3. The molecule has 0 spiro atoms. The van der Waals surface area contributed by atoms with Gasteiger partial charge < -0.3 is 28.5 Å². The molecule has 0 aliphatic carbocycles. The van der Waals surface area contributed by atoms with Gasteiger partial charge in [-0.05, 0) is 20.8 Å². The van der Waals surface area contributed by atoms with Gasteiger partial charge in [-0.3, -0.25) is 14.4 Å². The molecule has 0 aromatic heterocycles. The van der Waals surface area contributed by atoms with Crippen molar-refractivity contribution in [2.45, 2.75) is 34.6 Å². The van der Waals surface area contributed by atoms with E-state index in [1.54, 1.807) is 0 Å². The molecule has 0 atom stereocenters. The summed E-state index contributed by atoms with van der Waals surface area (Å²) in [5.74, 6) is -0.602. The molecule has 0 aliphatic heterocycles. The minimum atomic E-state index is -0.345. The Labute approximate surface area is 161 Å². The molecule has 10 nitrogen and oxygen atoms in total. The molecule has 0 unspecified atom stereocenters. The first kappa shape index (κ1) is 35.7. The fourth-order valence-corrected chi connectivity index (χ4v) is 0.380. The van der Waals surface area contributed by atoms with E-state index in [1.807, 2.05) is 0 Å². The smallest absolute Gasteiger partial charge is 0.331 e. The number of rotatable bonds is 4. The topological polar surface area (TPSA) is 132 Å². The third kappa shape index (κ3) is 119. The van der Waals surface area contributed by atoms with E-state index in [9.17, 15) is 24.0 Å². The van der Waals surface area contributed by atoms with Crippen LogP contribution in [0, 0.1) is 0 Å². The van der Waals surface area contributed by atoms with Gasteiger partial charge in [-0.1, -0.05) is 0 Å². The number of carbonyl (C=O) groups is 5. The number of hydrogen-bond acceptors (Lipinski definition) is 10. The number of esters is 3. The standard InChI is InChI=1S/C4H8O3.C4H8O2.2C3H6O2.C3H6O/c1-6-3-4(5)7-2;1-4(5)3-6-2;2*1-3(4)5-2;1-3(2)4/h3H2,1-2H3;3H2,1-2H3;2*1-2H3;1-2H3. The Morgan fingerprint density at radius 2 is 0.815 bits per heavy atom. The van der Waals surface area contributed by atoms with Crippen LogP contribution in [0.1, 0.15) is 34.6 Å². The van der Waals surface area contributed by atoms with Crippen molar-refractivity contribution in [2.24, 2.45) is 0 Å². The van der Waals surface area contributed by atoms with Gasteiger partial charge in [0.1, 0.15) is 19.0 Å². The Morgan fingerprint density at radius 1 is 0.556 bits per heavy atom. The maximum absolute atomic E-state index is 10.1. The number of methoxy groups -OCH3 is 5. The normalized spacial score (nSPS) is 7.48. The lowest BCUT2D eigenvalue weighted by molar-refractivity contribution is -0.145. The molecule has 0 N–H and O–H groups in total. The third-order valence-electron chi connectivity index (χ3n) is 1.41. The lowest BCUT2D eigenvalue weighted by Gasteiger charge is -1.92. The summed E-state index contributed by atoms with van der Waals surface area (Å²) in [6, 6.07) is 0. The summed E-state index contributed by atoms with van der Waals surface area (Å²) in [7, 11) is 6.96. The van der Waals surface area contributed by atoms with Crippen molar-refractivity contribution in [3.63, 3.8) is 0 Å². The highest BCUT2D eigenvalue weighted by Gasteiger charge is 1.93. The van der Waals surface area contributed by atoms with Crippen LogP contribution in [-0.2, 0) is 47.7 Å². The highest BCUT2D eigenvalue weighted by molar-refractivity contribution is 5.76.